The second-order valence-electron chi connectivity index (χ2n) is 5.06. The van der Waals surface area contributed by atoms with Crippen LogP contribution in [0.4, 0.5) is 0 Å². The smallest absolute Gasteiger partial charge is 0.339 e. The van der Waals surface area contributed by atoms with Gasteiger partial charge in [-0.15, -0.1) is 0 Å². The van der Waals surface area contributed by atoms with E-state index in [1.54, 1.807) is 36.5 Å². The van der Waals surface area contributed by atoms with E-state index in [1.165, 1.54) is 12.3 Å². The second kappa shape index (κ2) is 6.79. The highest BCUT2D eigenvalue weighted by atomic mass is 32.2. The normalized spacial score (nSPS) is 16.4. The molecule has 1 aromatic heterocycles. The molecule has 124 valence electrons. The third-order valence-corrected chi connectivity index (χ3v) is 4.76. The highest BCUT2D eigenvalue weighted by Gasteiger charge is 2.29. The molecule has 0 saturated heterocycles. The molecule has 1 aliphatic heterocycles. The van der Waals surface area contributed by atoms with E-state index >= 15 is 0 Å². The van der Waals surface area contributed by atoms with E-state index in [0.717, 1.165) is 0 Å². The van der Waals surface area contributed by atoms with Crippen LogP contribution >= 0.6 is 0 Å². The van der Waals surface area contributed by atoms with Gasteiger partial charge in [-0.3, -0.25) is 14.7 Å². The summed E-state index contributed by atoms with van der Waals surface area (Å²) in [5.74, 6) is -0.119. The van der Waals surface area contributed by atoms with E-state index in [9.17, 15) is 13.2 Å². The zero-order valence-electron chi connectivity index (χ0n) is 12.7. The molecule has 0 aliphatic carbocycles. The number of pyridine rings is 1. The van der Waals surface area contributed by atoms with Gasteiger partial charge in [0.05, 0.1) is 17.1 Å². The van der Waals surface area contributed by atoms with Crippen molar-refractivity contribution in [2.45, 2.75) is 11.3 Å². The summed E-state index contributed by atoms with van der Waals surface area (Å²) in [5.41, 5.74) is 0.950. The van der Waals surface area contributed by atoms with Crippen LogP contribution in [0.2, 0.25) is 0 Å². The molecular weight excluding hydrogens is 330 g/mol. The van der Waals surface area contributed by atoms with Crippen molar-refractivity contribution in [2.75, 3.05) is 13.2 Å². The number of carbonyl (C=O) groups excluding carboxylic acids is 1. The maximum Gasteiger partial charge on any atom is 0.339 e. The number of ether oxygens (including phenoxy) is 1. The van der Waals surface area contributed by atoms with Gasteiger partial charge in [0.15, 0.2) is 0 Å². The number of aromatic nitrogens is 1. The standard InChI is InChI=1S/C16H15N3O4S/c20-16(12-5-3-8-17-11-12)23-10-4-9-18-15-13-6-1-2-7-14(13)24(21,22)19-15/h1-3,5-8,11H,4,9-10H2,(H,18,19). The summed E-state index contributed by atoms with van der Waals surface area (Å²) in [6.07, 6.45) is 3.50. The lowest BCUT2D eigenvalue weighted by molar-refractivity contribution is 0.0502. The van der Waals surface area contributed by atoms with E-state index in [1.807, 2.05) is 0 Å². The Bertz CT molecular complexity index is 879. The lowest BCUT2D eigenvalue weighted by atomic mass is 10.2. The molecule has 7 nitrogen and oxygen atoms in total. The van der Waals surface area contributed by atoms with Gasteiger partial charge in [0, 0.05) is 30.9 Å². The number of fused-ring (bicyclic) bond motifs is 1. The number of hydrogen-bond acceptors (Lipinski definition) is 6. The van der Waals surface area contributed by atoms with Crippen molar-refractivity contribution in [3.05, 3.63) is 59.9 Å². The number of nitrogens with one attached hydrogen (secondary N) is 1. The number of aliphatic imine (C=N–C) groups is 1. The van der Waals surface area contributed by atoms with E-state index in [-0.39, 0.29) is 11.5 Å². The fraction of sp³-hybridized carbons (Fsp3) is 0.188. The minimum Gasteiger partial charge on any atom is -0.462 e. The molecule has 2 aromatic rings. The Morgan fingerprint density at radius 3 is 2.83 bits per heavy atom. The minimum absolute atomic E-state index is 0.193. The molecule has 1 aromatic carbocycles. The first kappa shape index (κ1) is 16.1. The van der Waals surface area contributed by atoms with E-state index in [2.05, 4.69) is 14.7 Å². The van der Waals surface area contributed by atoms with Gasteiger partial charge >= 0.3 is 5.97 Å². The summed E-state index contributed by atoms with van der Waals surface area (Å²) in [6, 6.07) is 9.95. The second-order valence-corrected chi connectivity index (χ2v) is 6.71. The predicted octanol–water partition coefficient (Wildman–Crippen LogP) is 1.37. The molecule has 0 fully saturated rings. The first-order valence-corrected chi connectivity index (χ1v) is 8.80. The summed E-state index contributed by atoms with van der Waals surface area (Å²) in [4.78, 5) is 20.1. The van der Waals surface area contributed by atoms with E-state index in [0.29, 0.717) is 29.9 Å². The van der Waals surface area contributed by atoms with Crippen LogP contribution in [-0.2, 0) is 14.8 Å². The molecule has 0 amide bonds. The zero-order chi connectivity index (χ0) is 17.0. The Balaban J connectivity index is 1.54. The molecule has 1 aliphatic rings. The number of hydrogen-bond donors (Lipinski definition) is 1. The van der Waals surface area contributed by atoms with Crippen molar-refractivity contribution in [1.29, 1.82) is 0 Å². The van der Waals surface area contributed by atoms with Crippen LogP contribution in [0.25, 0.3) is 0 Å². The average Bonchev–Trinajstić information content (AvgIpc) is 2.86. The van der Waals surface area contributed by atoms with Crippen molar-refractivity contribution < 1.29 is 17.9 Å². The van der Waals surface area contributed by atoms with Gasteiger partial charge in [0.2, 0.25) is 0 Å². The van der Waals surface area contributed by atoms with Crippen LogP contribution in [0.5, 0.6) is 0 Å². The fourth-order valence-corrected chi connectivity index (χ4v) is 3.49. The number of rotatable bonds is 5. The number of nitrogens with zero attached hydrogens (tertiary/aromatic N) is 2. The summed E-state index contributed by atoms with van der Waals surface area (Å²) in [5, 5.41) is 0. The van der Waals surface area contributed by atoms with E-state index in [4.69, 9.17) is 4.74 Å². The molecule has 8 heteroatoms. The summed E-state index contributed by atoms with van der Waals surface area (Å²) in [7, 11) is -3.52. The maximum atomic E-state index is 11.9. The van der Waals surface area contributed by atoms with Gasteiger partial charge in [0.1, 0.15) is 5.84 Å². The summed E-state index contributed by atoms with van der Waals surface area (Å²) < 4.78 is 31.4. The van der Waals surface area contributed by atoms with E-state index < -0.39 is 16.0 Å². The molecule has 0 bridgehead atoms. The van der Waals surface area contributed by atoms with Gasteiger partial charge in [-0.2, -0.15) is 0 Å². The van der Waals surface area contributed by atoms with Crippen molar-refractivity contribution >= 4 is 21.8 Å². The van der Waals surface area contributed by atoms with Crippen LogP contribution in [0.1, 0.15) is 22.3 Å². The van der Waals surface area contributed by atoms with Crippen molar-refractivity contribution in [3.63, 3.8) is 0 Å². The van der Waals surface area contributed by atoms with Crippen molar-refractivity contribution in [3.8, 4) is 0 Å². The van der Waals surface area contributed by atoms with Crippen molar-refractivity contribution in [2.24, 2.45) is 4.99 Å². The van der Waals surface area contributed by atoms with Gasteiger partial charge < -0.3 is 4.74 Å². The first-order chi connectivity index (χ1) is 11.6. The number of sulfonamides is 1. The molecular formula is C16H15N3O4S. The van der Waals surface area contributed by atoms with Crippen LogP contribution in [-0.4, -0.2) is 38.4 Å². The maximum absolute atomic E-state index is 11.9. The third-order valence-electron chi connectivity index (χ3n) is 3.37. The average molecular weight is 345 g/mol. The van der Waals surface area contributed by atoms with Crippen LogP contribution in [0.15, 0.2) is 58.7 Å². The highest BCUT2D eigenvalue weighted by Crippen LogP contribution is 2.22. The third kappa shape index (κ3) is 3.43. The minimum atomic E-state index is -3.52. The van der Waals surface area contributed by atoms with Gasteiger partial charge in [0.25, 0.3) is 10.0 Å². The van der Waals surface area contributed by atoms with Crippen LogP contribution in [0, 0.1) is 0 Å². The molecule has 0 spiro atoms. The van der Waals surface area contributed by atoms with Gasteiger partial charge in [-0.1, -0.05) is 12.1 Å². The molecule has 0 unspecified atom stereocenters. The quantitative estimate of drug-likeness (QED) is 0.652. The zero-order valence-corrected chi connectivity index (χ0v) is 13.5. The van der Waals surface area contributed by atoms with Crippen LogP contribution in [0.3, 0.4) is 0 Å². The van der Waals surface area contributed by atoms with Gasteiger partial charge in [-0.05, 0) is 24.3 Å². The molecule has 24 heavy (non-hydrogen) atoms. The SMILES string of the molecule is O=C(OCCCN=C1NS(=O)(=O)c2ccccc21)c1cccnc1. The topological polar surface area (TPSA) is 97.7 Å². The number of carbonyl (C=O) groups is 1. The van der Waals surface area contributed by atoms with Crippen molar-refractivity contribution in [1.82, 2.24) is 9.71 Å². The largest absolute Gasteiger partial charge is 0.462 e. The first-order valence-electron chi connectivity index (χ1n) is 7.32. The number of esters is 1. The monoisotopic (exact) mass is 345 g/mol. The predicted molar refractivity (Wildman–Crippen MR) is 87.3 cm³/mol. The molecule has 0 radical (unpaired) electrons. The number of amidine groups is 1. The summed E-state index contributed by atoms with van der Waals surface area (Å²) in [6.45, 7) is 0.533. The fourth-order valence-electron chi connectivity index (χ4n) is 2.24. The Morgan fingerprint density at radius 2 is 2.04 bits per heavy atom. The van der Waals surface area contributed by atoms with Gasteiger partial charge in [-0.25, -0.2) is 13.2 Å². The Labute approximate surface area is 139 Å². The lowest BCUT2D eigenvalue weighted by Gasteiger charge is -2.03. The van der Waals surface area contributed by atoms with Crippen LogP contribution < -0.4 is 4.72 Å². The molecule has 0 atom stereocenters. The Hall–Kier alpha value is -2.74. The highest BCUT2D eigenvalue weighted by molar-refractivity contribution is 7.90. The Kier molecular flexibility index (Phi) is 4.57. The number of benzene rings is 1. The Morgan fingerprint density at radius 1 is 1.21 bits per heavy atom. The molecule has 2 heterocycles. The summed E-state index contributed by atoms with van der Waals surface area (Å²) >= 11 is 0. The molecule has 3 rings (SSSR count). The lowest BCUT2D eigenvalue weighted by Crippen LogP contribution is -2.22. The molecule has 1 N–H and O–H groups in total. The molecule has 0 saturated carbocycles.